The Morgan fingerprint density at radius 2 is 1.71 bits per heavy atom. The highest BCUT2D eigenvalue weighted by Crippen LogP contribution is 2.26. The van der Waals surface area contributed by atoms with Crippen molar-refractivity contribution in [3.05, 3.63) is 0 Å². The highest BCUT2D eigenvalue weighted by atomic mass is 32.1. The van der Waals surface area contributed by atoms with Gasteiger partial charge >= 0.3 is 0 Å². The number of hydrogen-bond donors (Lipinski definition) is 2. The van der Waals surface area contributed by atoms with E-state index in [2.05, 4.69) is 17.9 Å². The van der Waals surface area contributed by atoms with E-state index in [4.69, 9.17) is 22.1 Å². The molecule has 0 heterocycles. The van der Waals surface area contributed by atoms with E-state index in [1.807, 2.05) is 41.5 Å². The summed E-state index contributed by atoms with van der Waals surface area (Å²) in [4.78, 5) is 11.3. The van der Waals surface area contributed by atoms with Gasteiger partial charge in [0.05, 0.1) is 24.9 Å². The maximum absolute atomic E-state index is 11.9. The van der Waals surface area contributed by atoms with Gasteiger partial charge in [0.25, 0.3) is 0 Å². The average Bonchev–Trinajstić information content (AvgIpc) is 2.43. The predicted octanol–water partition coefficient (Wildman–Crippen LogP) is 2.53. The molecule has 1 N–H and O–H groups in total. The molecule has 0 aromatic carbocycles. The Morgan fingerprint density at radius 3 is 2.17 bits per heavy atom. The second kappa shape index (κ2) is 9.46. The molecule has 3 atom stereocenters. The van der Waals surface area contributed by atoms with Gasteiger partial charge in [0.1, 0.15) is 12.8 Å². The van der Waals surface area contributed by atoms with Gasteiger partial charge in [-0.15, -0.1) is 12.6 Å². The Morgan fingerprint density at radius 1 is 1.17 bits per heavy atom. The minimum atomic E-state index is -0.993. The molecule has 0 saturated heterocycles. The van der Waals surface area contributed by atoms with Gasteiger partial charge in [0.15, 0.2) is 0 Å². The summed E-state index contributed by atoms with van der Waals surface area (Å²) >= 11 is 4.53. The third-order valence-electron chi connectivity index (χ3n) is 4.22. The number of hydrogen-bond acceptors (Lipinski definition) is 5. The second-order valence-electron chi connectivity index (χ2n) is 7.49. The highest BCUT2D eigenvalue weighted by molar-refractivity contribution is 7.81. The number of methoxy groups -OCH3 is 1. The fraction of sp³-hybridized carbons (Fsp3) is 0.941. The molecule has 0 aliphatic rings. The zero-order valence-electron chi connectivity index (χ0n) is 16.4. The molecular weight excluding hydrogens is 325 g/mol. The molecule has 0 rings (SSSR count). The maximum Gasteiger partial charge on any atom is 0.222 e. The number of rotatable bonds is 11. The number of carbonyl (C=O) groups excluding carboxylic acids is 1. The molecule has 5 nitrogen and oxygen atoms in total. The lowest BCUT2D eigenvalue weighted by Gasteiger charge is -2.43. The topological polar surface area (TPSA) is 56.8 Å². The molecular formula is C17H34BNO4S. The van der Waals surface area contributed by atoms with Gasteiger partial charge in [-0.3, -0.25) is 4.79 Å². The zero-order valence-corrected chi connectivity index (χ0v) is 17.3. The number of carbonyl (C=O) groups is 1. The lowest BCUT2D eigenvalue weighted by molar-refractivity contribution is -0.130. The number of thiol groups is 1. The van der Waals surface area contributed by atoms with Gasteiger partial charge in [-0.05, 0) is 34.6 Å². The van der Waals surface area contributed by atoms with Crippen LogP contribution < -0.4 is 5.32 Å². The number of nitrogens with one attached hydrogen (secondary N) is 1. The van der Waals surface area contributed by atoms with E-state index in [9.17, 15) is 4.79 Å². The van der Waals surface area contributed by atoms with Gasteiger partial charge in [-0.1, -0.05) is 13.8 Å². The molecule has 7 heteroatoms. The predicted molar refractivity (Wildman–Crippen MR) is 102 cm³/mol. The van der Waals surface area contributed by atoms with Crippen LogP contribution in [0.3, 0.4) is 0 Å². The molecule has 0 aromatic rings. The summed E-state index contributed by atoms with van der Waals surface area (Å²) in [5.74, 6) is -0.242. The van der Waals surface area contributed by atoms with E-state index in [0.717, 1.165) is 0 Å². The van der Waals surface area contributed by atoms with Crippen LogP contribution in [0.2, 0.25) is 0 Å². The maximum atomic E-state index is 11.9. The molecule has 140 valence electrons. The highest BCUT2D eigenvalue weighted by Gasteiger charge is 2.39. The van der Waals surface area contributed by atoms with Crippen LogP contribution in [0.5, 0.6) is 0 Å². The van der Waals surface area contributed by atoms with Crippen molar-refractivity contribution in [2.75, 3.05) is 20.3 Å². The van der Waals surface area contributed by atoms with Gasteiger partial charge in [0, 0.05) is 24.9 Å². The van der Waals surface area contributed by atoms with E-state index in [0.29, 0.717) is 19.6 Å². The van der Waals surface area contributed by atoms with Crippen molar-refractivity contribution in [1.82, 2.24) is 5.32 Å². The van der Waals surface area contributed by atoms with E-state index in [-0.39, 0.29) is 17.9 Å². The first kappa shape index (κ1) is 23.8. The third kappa shape index (κ3) is 8.23. The number of ether oxygens (including phenoxy) is 3. The molecule has 0 bridgehead atoms. The summed E-state index contributed by atoms with van der Waals surface area (Å²) in [6, 6.07) is 0. The first-order valence-corrected chi connectivity index (χ1v) is 8.83. The Bertz CT molecular complexity index is 400. The van der Waals surface area contributed by atoms with Crippen molar-refractivity contribution in [2.45, 2.75) is 77.0 Å². The fourth-order valence-electron chi connectivity index (χ4n) is 1.63. The Labute approximate surface area is 154 Å². The Balaban J connectivity index is 4.52. The monoisotopic (exact) mass is 359 g/mol. The summed E-state index contributed by atoms with van der Waals surface area (Å²) in [6.07, 6.45) is 0.580. The summed E-state index contributed by atoms with van der Waals surface area (Å²) < 4.78 is 16.8. The van der Waals surface area contributed by atoms with Gasteiger partial charge < -0.3 is 19.5 Å². The molecule has 0 fully saturated rings. The smallest absolute Gasteiger partial charge is 0.222 e. The van der Waals surface area contributed by atoms with Crippen LogP contribution in [0.25, 0.3) is 0 Å². The normalized spacial score (nSPS) is 18.8. The lowest BCUT2D eigenvalue weighted by Crippen LogP contribution is -2.62. The summed E-state index contributed by atoms with van der Waals surface area (Å²) in [5, 5.41) is 2.84. The van der Waals surface area contributed by atoms with Crippen molar-refractivity contribution in [2.24, 2.45) is 5.92 Å². The minimum absolute atomic E-state index is 0.00686. The van der Waals surface area contributed by atoms with Crippen molar-refractivity contribution >= 4 is 26.4 Å². The van der Waals surface area contributed by atoms with Crippen LogP contribution in [0.4, 0.5) is 0 Å². The number of amides is 1. The molecule has 2 radical (unpaired) electrons. The summed E-state index contributed by atoms with van der Waals surface area (Å²) in [6.45, 7) is 13.8. The van der Waals surface area contributed by atoms with Crippen LogP contribution >= 0.6 is 12.6 Å². The zero-order chi connectivity index (χ0) is 19.2. The molecule has 0 aliphatic heterocycles. The largest absolute Gasteiger partial charge is 0.379 e. The quantitative estimate of drug-likeness (QED) is 0.338. The first-order chi connectivity index (χ1) is 10.7. The molecule has 24 heavy (non-hydrogen) atoms. The minimum Gasteiger partial charge on any atom is -0.379 e. The SMILES string of the molecule is [B]C(C)(NC(=O)C(C)C)C(C)(C)OCCC(C)(S)OCC(C)OC. The molecule has 0 saturated carbocycles. The van der Waals surface area contributed by atoms with Crippen LogP contribution in [-0.4, -0.2) is 56.2 Å². The molecule has 1 amide bonds. The fourth-order valence-corrected chi connectivity index (χ4v) is 1.80. The van der Waals surface area contributed by atoms with Gasteiger partial charge in [-0.2, -0.15) is 0 Å². The van der Waals surface area contributed by atoms with Crippen LogP contribution in [0.15, 0.2) is 0 Å². The molecule has 0 spiro atoms. The van der Waals surface area contributed by atoms with Crippen LogP contribution in [-0.2, 0) is 19.0 Å². The van der Waals surface area contributed by atoms with E-state index in [1.54, 1.807) is 14.0 Å². The van der Waals surface area contributed by atoms with E-state index in [1.165, 1.54) is 0 Å². The van der Waals surface area contributed by atoms with E-state index >= 15 is 0 Å². The third-order valence-corrected chi connectivity index (χ3v) is 4.57. The van der Waals surface area contributed by atoms with Gasteiger partial charge in [0.2, 0.25) is 5.91 Å². The Hall–Kier alpha value is -0.235. The average molecular weight is 359 g/mol. The van der Waals surface area contributed by atoms with Crippen molar-refractivity contribution in [3.8, 4) is 0 Å². The van der Waals surface area contributed by atoms with Crippen molar-refractivity contribution in [3.63, 3.8) is 0 Å². The molecule has 0 aliphatic carbocycles. The molecule has 0 aromatic heterocycles. The standard InChI is InChI=1S/C17H34BNO4S/c1-12(2)14(20)19-17(7,18)15(4,5)22-10-9-16(6,24)23-11-13(3)21-8/h12-13,24H,9-11H2,1-8H3,(H,19,20). The van der Waals surface area contributed by atoms with E-state index < -0.39 is 16.0 Å². The molecule has 3 unspecified atom stereocenters. The summed E-state index contributed by atoms with van der Waals surface area (Å²) in [7, 11) is 7.92. The van der Waals surface area contributed by atoms with Crippen LogP contribution in [0, 0.1) is 5.92 Å². The van der Waals surface area contributed by atoms with Crippen molar-refractivity contribution < 1.29 is 19.0 Å². The lowest BCUT2D eigenvalue weighted by atomic mass is 9.67. The van der Waals surface area contributed by atoms with Crippen molar-refractivity contribution in [1.29, 1.82) is 0 Å². The second-order valence-corrected chi connectivity index (χ2v) is 8.43. The Kier molecular flexibility index (Phi) is 9.37. The first-order valence-electron chi connectivity index (χ1n) is 8.38. The summed E-state index contributed by atoms with van der Waals surface area (Å²) in [5.41, 5.74) is -1.74. The van der Waals surface area contributed by atoms with Crippen LogP contribution in [0.1, 0.15) is 54.9 Å². The van der Waals surface area contributed by atoms with Gasteiger partial charge in [-0.25, -0.2) is 0 Å².